The standard InChI is InChI=1S/C11H13BrFNOS/c12-9-5-4-8(7-10(9)13)15-6-2-1-3-11(14)16/h4-5,7H,1-3,6H2,(H2,14,16). The maximum Gasteiger partial charge on any atom is 0.141 e. The summed E-state index contributed by atoms with van der Waals surface area (Å²) in [6.07, 6.45) is 2.48. The smallest absolute Gasteiger partial charge is 0.141 e. The second-order valence-electron chi connectivity index (χ2n) is 3.35. The van der Waals surface area contributed by atoms with E-state index in [4.69, 9.17) is 22.7 Å². The van der Waals surface area contributed by atoms with Crippen LogP contribution in [0.4, 0.5) is 4.39 Å². The van der Waals surface area contributed by atoms with Crippen LogP contribution in [0.1, 0.15) is 19.3 Å². The zero-order chi connectivity index (χ0) is 12.0. The van der Waals surface area contributed by atoms with Gasteiger partial charge in [-0.05, 0) is 47.3 Å². The Kier molecular flexibility index (Phi) is 5.69. The van der Waals surface area contributed by atoms with Gasteiger partial charge in [0.2, 0.25) is 0 Å². The lowest BCUT2D eigenvalue weighted by Gasteiger charge is -2.06. The van der Waals surface area contributed by atoms with Gasteiger partial charge in [0.25, 0.3) is 0 Å². The highest BCUT2D eigenvalue weighted by molar-refractivity contribution is 9.10. The summed E-state index contributed by atoms with van der Waals surface area (Å²) in [5, 5.41) is 0. The van der Waals surface area contributed by atoms with Crippen molar-refractivity contribution in [2.75, 3.05) is 6.61 Å². The molecule has 0 heterocycles. The van der Waals surface area contributed by atoms with Crippen molar-refractivity contribution in [2.45, 2.75) is 19.3 Å². The Balaban J connectivity index is 2.27. The van der Waals surface area contributed by atoms with Gasteiger partial charge in [-0.3, -0.25) is 0 Å². The summed E-state index contributed by atoms with van der Waals surface area (Å²) < 4.78 is 18.9. The Morgan fingerprint density at radius 2 is 2.19 bits per heavy atom. The molecule has 2 nitrogen and oxygen atoms in total. The summed E-state index contributed by atoms with van der Waals surface area (Å²) in [5.41, 5.74) is 5.36. The SMILES string of the molecule is NC(=S)CCCCOc1ccc(Br)c(F)c1. The first-order valence-corrected chi connectivity index (χ1v) is 6.16. The Bertz CT molecular complexity index is 373. The first-order chi connectivity index (χ1) is 7.59. The number of benzene rings is 1. The van der Waals surface area contributed by atoms with Crippen molar-refractivity contribution in [2.24, 2.45) is 5.73 Å². The monoisotopic (exact) mass is 305 g/mol. The van der Waals surface area contributed by atoms with Gasteiger partial charge in [0.15, 0.2) is 0 Å². The molecule has 0 unspecified atom stereocenters. The van der Waals surface area contributed by atoms with Crippen molar-refractivity contribution in [1.29, 1.82) is 0 Å². The maximum absolute atomic E-state index is 13.1. The largest absolute Gasteiger partial charge is 0.493 e. The van der Waals surface area contributed by atoms with Gasteiger partial charge in [-0.2, -0.15) is 0 Å². The van der Waals surface area contributed by atoms with Crippen molar-refractivity contribution >= 4 is 33.1 Å². The Labute approximate surface area is 108 Å². The van der Waals surface area contributed by atoms with Crippen LogP contribution in [0.2, 0.25) is 0 Å². The molecule has 0 aromatic heterocycles. The summed E-state index contributed by atoms with van der Waals surface area (Å²) in [5.74, 6) is 0.219. The van der Waals surface area contributed by atoms with Gasteiger partial charge >= 0.3 is 0 Å². The number of halogens is 2. The summed E-state index contributed by atoms with van der Waals surface area (Å²) in [6.45, 7) is 0.545. The van der Waals surface area contributed by atoms with Crippen LogP contribution in [-0.4, -0.2) is 11.6 Å². The number of nitrogens with two attached hydrogens (primary N) is 1. The number of rotatable bonds is 6. The van der Waals surface area contributed by atoms with Gasteiger partial charge in [-0.25, -0.2) is 4.39 Å². The van der Waals surface area contributed by atoms with E-state index in [1.54, 1.807) is 12.1 Å². The molecule has 0 aliphatic rings. The van der Waals surface area contributed by atoms with Crippen LogP contribution in [0.15, 0.2) is 22.7 Å². The third-order valence-electron chi connectivity index (χ3n) is 1.98. The first-order valence-electron chi connectivity index (χ1n) is 4.96. The van der Waals surface area contributed by atoms with Gasteiger partial charge in [0.1, 0.15) is 11.6 Å². The molecular formula is C11H13BrFNOS. The molecular weight excluding hydrogens is 293 g/mol. The molecule has 0 aliphatic heterocycles. The maximum atomic E-state index is 13.1. The fraction of sp³-hybridized carbons (Fsp3) is 0.364. The van der Waals surface area contributed by atoms with Crippen molar-refractivity contribution in [1.82, 2.24) is 0 Å². The predicted molar refractivity (Wildman–Crippen MR) is 70.2 cm³/mol. The molecule has 0 saturated heterocycles. The van der Waals surface area contributed by atoms with E-state index in [-0.39, 0.29) is 5.82 Å². The molecule has 0 radical (unpaired) electrons. The van der Waals surface area contributed by atoms with Crippen LogP contribution in [0.5, 0.6) is 5.75 Å². The molecule has 1 aromatic carbocycles. The van der Waals surface area contributed by atoms with E-state index in [9.17, 15) is 4.39 Å². The lowest BCUT2D eigenvalue weighted by Crippen LogP contribution is -2.08. The second-order valence-corrected chi connectivity index (χ2v) is 4.73. The molecule has 1 aromatic rings. The zero-order valence-electron chi connectivity index (χ0n) is 8.71. The number of thiocarbonyl (C=S) groups is 1. The Morgan fingerprint density at radius 1 is 1.44 bits per heavy atom. The van der Waals surface area contributed by atoms with E-state index in [2.05, 4.69) is 15.9 Å². The molecule has 1 rings (SSSR count). The van der Waals surface area contributed by atoms with E-state index in [1.807, 2.05) is 0 Å². The Morgan fingerprint density at radius 3 is 2.81 bits per heavy atom. The molecule has 0 bridgehead atoms. The molecule has 0 amide bonds. The van der Waals surface area contributed by atoms with E-state index in [0.717, 1.165) is 19.3 Å². The lowest BCUT2D eigenvalue weighted by atomic mass is 10.2. The van der Waals surface area contributed by atoms with Crippen LogP contribution >= 0.6 is 28.1 Å². The molecule has 0 fully saturated rings. The van der Waals surface area contributed by atoms with Crippen molar-refractivity contribution in [3.63, 3.8) is 0 Å². The van der Waals surface area contributed by atoms with E-state index in [0.29, 0.717) is 21.8 Å². The van der Waals surface area contributed by atoms with E-state index in [1.165, 1.54) is 6.07 Å². The molecule has 16 heavy (non-hydrogen) atoms. The molecule has 0 spiro atoms. The van der Waals surface area contributed by atoms with E-state index >= 15 is 0 Å². The number of hydrogen-bond donors (Lipinski definition) is 1. The van der Waals surface area contributed by atoms with Gasteiger partial charge in [0.05, 0.1) is 16.1 Å². The fourth-order valence-electron chi connectivity index (χ4n) is 1.16. The predicted octanol–water partition coefficient (Wildman–Crippen LogP) is 3.42. The highest BCUT2D eigenvalue weighted by atomic mass is 79.9. The minimum atomic E-state index is -0.319. The second kappa shape index (κ2) is 6.81. The number of hydrogen-bond acceptors (Lipinski definition) is 2. The topological polar surface area (TPSA) is 35.2 Å². The summed E-state index contributed by atoms with van der Waals surface area (Å²) in [4.78, 5) is 0.523. The van der Waals surface area contributed by atoms with Crippen LogP contribution in [-0.2, 0) is 0 Å². The highest BCUT2D eigenvalue weighted by Gasteiger charge is 2.01. The van der Waals surface area contributed by atoms with Gasteiger partial charge in [-0.15, -0.1) is 0 Å². The normalized spacial score (nSPS) is 10.1. The van der Waals surface area contributed by atoms with E-state index < -0.39 is 0 Å². The minimum Gasteiger partial charge on any atom is -0.493 e. The number of ether oxygens (including phenoxy) is 1. The molecule has 0 atom stereocenters. The third kappa shape index (κ3) is 4.90. The average Bonchev–Trinajstić information content (AvgIpc) is 2.22. The summed E-state index contributed by atoms with van der Waals surface area (Å²) in [7, 11) is 0. The van der Waals surface area contributed by atoms with Crippen LogP contribution < -0.4 is 10.5 Å². The summed E-state index contributed by atoms with van der Waals surface area (Å²) >= 11 is 7.83. The van der Waals surface area contributed by atoms with Crippen molar-refractivity contribution in [3.8, 4) is 5.75 Å². The molecule has 88 valence electrons. The fourth-order valence-corrected chi connectivity index (χ4v) is 1.55. The molecule has 0 saturated carbocycles. The van der Waals surface area contributed by atoms with Crippen molar-refractivity contribution in [3.05, 3.63) is 28.5 Å². The lowest BCUT2D eigenvalue weighted by molar-refractivity contribution is 0.306. The van der Waals surface area contributed by atoms with Crippen LogP contribution in [0, 0.1) is 5.82 Å². The minimum absolute atomic E-state index is 0.319. The Hall–Kier alpha value is -0.680. The summed E-state index contributed by atoms with van der Waals surface area (Å²) in [6, 6.07) is 4.71. The van der Waals surface area contributed by atoms with Gasteiger partial charge in [0, 0.05) is 6.07 Å². The van der Waals surface area contributed by atoms with Crippen molar-refractivity contribution < 1.29 is 9.13 Å². The molecule has 2 N–H and O–H groups in total. The highest BCUT2D eigenvalue weighted by Crippen LogP contribution is 2.21. The quantitative estimate of drug-likeness (QED) is 0.646. The zero-order valence-corrected chi connectivity index (χ0v) is 11.1. The average molecular weight is 306 g/mol. The molecule has 0 aliphatic carbocycles. The van der Waals surface area contributed by atoms with Gasteiger partial charge in [-0.1, -0.05) is 12.2 Å². The van der Waals surface area contributed by atoms with Gasteiger partial charge < -0.3 is 10.5 Å². The van der Waals surface area contributed by atoms with Crippen LogP contribution in [0.3, 0.4) is 0 Å². The first kappa shape index (κ1) is 13.4. The third-order valence-corrected chi connectivity index (χ3v) is 2.82. The van der Waals surface area contributed by atoms with Crippen LogP contribution in [0.25, 0.3) is 0 Å². The molecule has 5 heteroatoms. The number of unbranched alkanes of at least 4 members (excludes halogenated alkanes) is 1.